The lowest BCUT2D eigenvalue weighted by molar-refractivity contribution is -0.134. The van der Waals surface area contributed by atoms with Crippen LogP contribution in [-0.2, 0) is 4.79 Å². The van der Waals surface area contributed by atoms with Gasteiger partial charge in [-0.1, -0.05) is 0 Å². The van der Waals surface area contributed by atoms with Crippen molar-refractivity contribution in [3.05, 3.63) is 0 Å². The quantitative estimate of drug-likeness (QED) is 0.674. The largest absolute Gasteiger partial charge is 0.340 e. The summed E-state index contributed by atoms with van der Waals surface area (Å²) in [4.78, 5) is 13.5. The van der Waals surface area contributed by atoms with Crippen LogP contribution in [-0.4, -0.2) is 29.4 Å². The lowest BCUT2D eigenvalue weighted by Crippen LogP contribution is -2.38. The summed E-state index contributed by atoms with van der Waals surface area (Å²) in [6.45, 7) is 6.87. The number of rotatable bonds is 3. The second-order valence-electron chi connectivity index (χ2n) is 3.72. The lowest BCUT2D eigenvalue weighted by atomic mass is 10.2. The van der Waals surface area contributed by atoms with E-state index in [1.165, 1.54) is 0 Å². The van der Waals surface area contributed by atoms with Crippen LogP contribution < -0.4 is 5.73 Å². The Morgan fingerprint density at radius 3 is 2.42 bits per heavy atom. The van der Waals surface area contributed by atoms with E-state index in [1.54, 1.807) is 0 Å². The third kappa shape index (κ3) is 1.78. The van der Waals surface area contributed by atoms with Crippen molar-refractivity contribution in [2.45, 2.75) is 39.3 Å². The molecule has 0 spiro atoms. The number of amides is 1. The monoisotopic (exact) mass is 170 g/mol. The van der Waals surface area contributed by atoms with Crippen molar-refractivity contribution >= 4 is 5.91 Å². The van der Waals surface area contributed by atoms with Crippen LogP contribution >= 0.6 is 0 Å². The van der Waals surface area contributed by atoms with E-state index >= 15 is 0 Å². The first kappa shape index (κ1) is 9.52. The van der Waals surface area contributed by atoms with E-state index in [-0.39, 0.29) is 17.9 Å². The van der Waals surface area contributed by atoms with Crippen molar-refractivity contribution in [1.29, 1.82) is 0 Å². The maximum absolute atomic E-state index is 11.6. The van der Waals surface area contributed by atoms with E-state index in [9.17, 15) is 4.79 Å². The highest BCUT2D eigenvalue weighted by Gasteiger charge is 2.42. The van der Waals surface area contributed by atoms with Gasteiger partial charge in [-0.2, -0.15) is 0 Å². The number of hydrogen-bond acceptors (Lipinski definition) is 2. The third-order valence-electron chi connectivity index (χ3n) is 2.40. The van der Waals surface area contributed by atoms with E-state index in [4.69, 9.17) is 5.73 Å². The molecule has 0 saturated heterocycles. The normalized spacial score (nSPS) is 27.4. The van der Waals surface area contributed by atoms with Crippen molar-refractivity contribution in [1.82, 2.24) is 4.90 Å². The van der Waals surface area contributed by atoms with Crippen LogP contribution in [0.15, 0.2) is 0 Å². The number of nitrogens with two attached hydrogens (primary N) is 1. The van der Waals surface area contributed by atoms with Gasteiger partial charge in [0.05, 0.1) is 5.92 Å². The molecule has 1 saturated carbocycles. The maximum atomic E-state index is 11.6. The number of carbonyl (C=O) groups is 1. The van der Waals surface area contributed by atoms with E-state index in [0.717, 1.165) is 13.0 Å². The highest BCUT2D eigenvalue weighted by atomic mass is 16.2. The van der Waals surface area contributed by atoms with Crippen molar-refractivity contribution in [3.63, 3.8) is 0 Å². The highest BCUT2D eigenvalue weighted by Crippen LogP contribution is 2.30. The lowest BCUT2D eigenvalue weighted by Gasteiger charge is -2.25. The summed E-state index contributed by atoms with van der Waals surface area (Å²) >= 11 is 0. The zero-order chi connectivity index (χ0) is 9.30. The van der Waals surface area contributed by atoms with Gasteiger partial charge in [-0.15, -0.1) is 0 Å². The van der Waals surface area contributed by atoms with Crippen LogP contribution in [0.5, 0.6) is 0 Å². The first-order valence-electron chi connectivity index (χ1n) is 4.64. The van der Waals surface area contributed by atoms with E-state index in [0.29, 0.717) is 6.04 Å². The van der Waals surface area contributed by atoms with Crippen molar-refractivity contribution in [2.75, 3.05) is 6.54 Å². The molecule has 1 aliphatic rings. The molecule has 1 aliphatic carbocycles. The van der Waals surface area contributed by atoms with E-state index < -0.39 is 0 Å². The van der Waals surface area contributed by atoms with Gasteiger partial charge in [0.25, 0.3) is 0 Å². The predicted octanol–water partition coefficient (Wildman–Crippen LogP) is 0.591. The van der Waals surface area contributed by atoms with Gasteiger partial charge >= 0.3 is 0 Å². The second-order valence-corrected chi connectivity index (χ2v) is 3.72. The SMILES string of the molecule is CCN(C(=O)C1CC1N)C(C)C. The van der Waals surface area contributed by atoms with Gasteiger partial charge in [-0.05, 0) is 27.2 Å². The molecule has 12 heavy (non-hydrogen) atoms. The van der Waals surface area contributed by atoms with Gasteiger partial charge in [0.1, 0.15) is 0 Å². The summed E-state index contributed by atoms with van der Waals surface area (Å²) in [7, 11) is 0. The molecule has 2 atom stereocenters. The minimum atomic E-state index is 0.118. The standard InChI is InChI=1S/C9H18N2O/c1-4-11(6(2)3)9(12)7-5-8(7)10/h6-8H,4-5,10H2,1-3H3. The predicted molar refractivity (Wildman–Crippen MR) is 48.6 cm³/mol. The molecular formula is C9H18N2O. The van der Waals surface area contributed by atoms with Gasteiger partial charge in [0, 0.05) is 18.6 Å². The van der Waals surface area contributed by atoms with Crippen molar-refractivity contribution in [3.8, 4) is 0 Å². The average molecular weight is 170 g/mol. The Labute approximate surface area is 73.9 Å². The van der Waals surface area contributed by atoms with Crippen LogP contribution in [0, 0.1) is 5.92 Å². The fourth-order valence-electron chi connectivity index (χ4n) is 1.49. The summed E-state index contributed by atoms with van der Waals surface area (Å²) in [5.74, 6) is 0.354. The van der Waals surface area contributed by atoms with Gasteiger partial charge in [0.15, 0.2) is 0 Å². The molecule has 3 heteroatoms. The molecule has 70 valence electrons. The summed E-state index contributed by atoms with van der Waals surface area (Å²) < 4.78 is 0. The summed E-state index contributed by atoms with van der Waals surface area (Å²) in [6, 6.07) is 0.431. The molecule has 1 rings (SSSR count). The zero-order valence-electron chi connectivity index (χ0n) is 8.08. The third-order valence-corrected chi connectivity index (χ3v) is 2.40. The van der Waals surface area contributed by atoms with Crippen LogP contribution in [0.4, 0.5) is 0 Å². The Balaban J connectivity index is 2.49. The Morgan fingerprint density at radius 2 is 2.17 bits per heavy atom. The first-order chi connectivity index (χ1) is 5.57. The molecule has 1 amide bonds. The molecule has 0 heterocycles. The summed E-state index contributed by atoms with van der Waals surface area (Å²) in [6.07, 6.45) is 0.877. The van der Waals surface area contributed by atoms with Crippen LogP contribution in [0.1, 0.15) is 27.2 Å². The molecule has 3 nitrogen and oxygen atoms in total. The van der Waals surface area contributed by atoms with Gasteiger partial charge < -0.3 is 10.6 Å². The molecule has 0 aromatic rings. The minimum absolute atomic E-state index is 0.118. The Bertz CT molecular complexity index is 179. The molecule has 0 aromatic carbocycles. The average Bonchev–Trinajstić information content (AvgIpc) is 2.67. The minimum Gasteiger partial charge on any atom is -0.340 e. The maximum Gasteiger partial charge on any atom is 0.227 e. The Kier molecular flexibility index (Phi) is 2.73. The van der Waals surface area contributed by atoms with E-state index in [1.807, 2.05) is 25.7 Å². The molecule has 0 bridgehead atoms. The Morgan fingerprint density at radius 1 is 1.67 bits per heavy atom. The fraction of sp³-hybridized carbons (Fsp3) is 0.889. The van der Waals surface area contributed by atoms with Gasteiger partial charge in [0.2, 0.25) is 5.91 Å². The van der Waals surface area contributed by atoms with E-state index in [2.05, 4.69) is 0 Å². The smallest absolute Gasteiger partial charge is 0.227 e. The van der Waals surface area contributed by atoms with Gasteiger partial charge in [-0.25, -0.2) is 0 Å². The zero-order valence-corrected chi connectivity index (χ0v) is 8.08. The molecule has 2 N–H and O–H groups in total. The molecule has 2 unspecified atom stereocenters. The molecule has 0 aliphatic heterocycles. The number of hydrogen-bond donors (Lipinski definition) is 1. The molecular weight excluding hydrogens is 152 g/mol. The van der Waals surface area contributed by atoms with Crippen molar-refractivity contribution in [2.24, 2.45) is 11.7 Å². The van der Waals surface area contributed by atoms with Gasteiger partial charge in [-0.3, -0.25) is 4.79 Å². The van der Waals surface area contributed by atoms with Crippen LogP contribution in [0.3, 0.4) is 0 Å². The first-order valence-corrected chi connectivity index (χ1v) is 4.64. The highest BCUT2D eigenvalue weighted by molar-refractivity contribution is 5.82. The second kappa shape index (κ2) is 3.44. The topological polar surface area (TPSA) is 46.3 Å². The molecule has 0 aromatic heterocycles. The number of nitrogens with zero attached hydrogens (tertiary/aromatic N) is 1. The van der Waals surface area contributed by atoms with Crippen molar-refractivity contribution < 1.29 is 4.79 Å². The fourth-order valence-corrected chi connectivity index (χ4v) is 1.49. The Hall–Kier alpha value is -0.570. The summed E-state index contributed by atoms with van der Waals surface area (Å²) in [5, 5.41) is 0. The van der Waals surface area contributed by atoms with Crippen LogP contribution in [0.2, 0.25) is 0 Å². The number of carbonyl (C=O) groups excluding carboxylic acids is 1. The molecule has 0 radical (unpaired) electrons. The molecule has 1 fully saturated rings. The summed E-state index contributed by atoms with van der Waals surface area (Å²) in [5.41, 5.74) is 5.61. The van der Waals surface area contributed by atoms with Crippen LogP contribution in [0.25, 0.3) is 0 Å².